The van der Waals surface area contributed by atoms with Crippen molar-refractivity contribution in [3.8, 4) is 0 Å². The summed E-state index contributed by atoms with van der Waals surface area (Å²) in [6.07, 6.45) is 1.60. The van der Waals surface area contributed by atoms with E-state index < -0.39 is 0 Å². The lowest BCUT2D eigenvalue weighted by Crippen LogP contribution is -2.42. The van der Waals surface area contributed by atoms with Gasteiger partial charge in [-0.15, -0.1) is 0 Å². The summed E-state index contributed by atoms with van der Waals surface area (Å²) in [5.41, 5.74) is 8.64. The Bertz CT molecular complexity index is 945. The van der Waals surface area contributed by atoms with Gasteiger partial charge in [0.2, 0.25) is 5.91 Å². The molecule has 3 aromatic rings. The first-order chi connectivity index (χ1) is 11.9. The van der Waals surface area contributed by atoms with Gasteiger partial charge >= 0.3 is 0 Å². The number of fused-ring (bicyclic) bond motifs is 1. The van der Waals surface area contributed by atoms with Crippen molar-refractivity contribution in [1.29, 1.82) is 0 Å². The molecule has 1 heterocycles. The standard InChI is InChI=1S/C19H17ClN2O3/c1-11-3-5-13(6-4-11)19(24)22-21-18(23)8-14-10-25-17-7-12(2)16(20)9-15(14)17/h3-7,9-10H,8H2,1-2H3,(H,21,23)(H,22,24). The first kappa shape index (κ1) is 17.0. The molecule has 0 aliphatic carbocycles. The van der Waals surface area contributed by atoms with Crippen LogP contribution in [0.4, 0.5) is 0 Å². The smallest absolute Gasteiger partial charge is 0.269 e. The molecule has 0 spiro atoms. The topological polar surface area (TPSA) is 71.3 Å². The zero-order chi connectivity index (χ0) is 18.0. The van der Waals surface area contributed by atoms with E-state index in [1.807, 2.05) is 32.0 Å². The number of aryl methyl sites for hydroxylation is 2. The van der Waals surface area contributed by atoms with Crippen LogP contribution in [0, 0.1) is 13.8 Å². The van der Waals surface area contributed by atoms with Gasteiger partial charge in [0.1, 0.15) is 5.58 Å². The minimum absolute atomic E-state index is 0.0700. The normalized spacial score (nSPS) is 10.7. The molecule has 0 atom stereocenters. The maximum Gasteiger partial charge on any atom is 0.269 e. The number of amides is 2. The third-order valence-electron chi connectivity index (χ3n) is 3.92. The van der Waals surface area contributed by atoms with E-state index in [1.54, 1.807) is 18.2 Å². The molecule has 2 amide bonds. The lowest BCUT2D eigenvalue weighted by molar-refractivity contribution is -0.121. The van der Waals surface area contributed by atoms with E-state index in [0.29, 0.717) is 21.7 Å². The summed E-state index contributed by atoms with van der Waals surface area (Å²) in [5.74, 6) is -0.719. The van der Waals surface area contributed by atoms with Gasteiger partial charge in [-0.25, -0.2) is 0 Å². The number of carbonyl (C=O) groups excluding carboxylic acids is 2. The first-order valence-electron chi connectivity index (χ1n) is 7.76. The molecule has 0 fully saturated rings. The molecule has 1 aromatic heterocycles. The Balaban J connectivity index is 1.64. The van der Waals surface area contributed by atoms with E-state index >= 15 is 0 Å². The van der Waals surface area contributed by atoms with Crippen LogP contribution in [0.25, 0.3) is 11.0 Å². The van der Waals surface area contributed by atoms with Crippen molar-refractivity contribution in [3.05, 3.63) is 69.9 Å². The molecule has 25 heavy (non-hydrogen) atoms. The number of carbonyl (C=O) groups is 2. The quantitative estimate of drug-likeness (QED) is 0.703. The number of nitrogens with one attached hydrogen (secondary N) is 2. The third-order valence-corrected chi connectivity index (χ3v) is 4.32. The van der Waals surface area contributed by atoms with Crippen LogP contribution in [0.3, 0.4) is 0 Å². The van der Waals surface area contributed by atoms with Crippen molar-refractivity contribution < 1.29 is 14.0 Å². The summed E-state index contributed by atoms with van der Waals surface area (Å²) in [5, 5.41) is 1.40. The Hall–Kier alpha value is -2.79. The van der Waals surface area contributed by atoms with Crippen LogP contribution in [0.5, 0.6) is 0 Å². The SMILES string of the molecule is Cc1ccc(C(=O)NNC(=O)Cc2coc3cc(C)c(Cl)cc23)cc1. The molecule has 0 saturated carbocycles. The minimum atomic E-state index is -0.371. The second kappa shape index (κ2) is 6.99. The van der Waals surface area contributed by atoms with Crippen LogP contribution in [-0.4, -0.2) is 11.8 Å². The molecule has 128 valence electrons. The van der Waals surface area contributed by atoms with Crippen molar-refractivity contribution >= 4 is 34.4 Å². The van der Waals surface area contributed by atoms with Gasteiger partial charge in [-0.3, -0.25) is 20.4 Å². The predicted octanol–water partition coefficient (Wildman–Crippen LogP) is 3.71. The lowest BCUT2D eigenvalue weighted by atomic mass is 10.1. The number of benzene rings is 2. The van der Waals surface area contributed by atoms with E-state index in [2.05, 4.69) is 10.9 Å². The molecule has 5 nitrogen and oxygen atoms in total. The summed E-state index contributed by atoms with van der Waals surface area (Å²) < 4.78 is 5.47. The highest BCUT2D eigenvalue weighted by Crippen LogP contribution is 2.27. The fourth-order valence-corrected chi connectivity index (χ4v) is 2.62. The molecule has 0 aliphatic rings. The monoisotopic (exact) mass is 356 g/mol. The van der Waals surface area contributed by atoms with Crippen LogP contribution >= 0.6 is 11.6 Å². The number of furan rings is 1. The maximum absolute atomic E-state index is 12.1. The largest absolute Gasteiger partial charge is 0.464 e. The summed E-state index contributed by atoms with van der Waals surface area (Å²) in [6.45, 7) is 3.82. The summed E-state index contributed by atoms with van der Waals surface area (Å²) in [7, 11) is 0. The van der Waals surface area contributed by atoms with Crippen molar-refractivity contribution in [2.45, 2.75) is 20.3 Å². The fraction of sp³-hybridized carbons (Fsp3) is 0.158. The highest BCUT2D eigenvalue weighted by Gasteiger charge is 2.13. The maximum atomic E-state index is 12.1. The Morgan fingerprint density at radius 1 is 1.08 bits per heavy atom. The molecular weight excluding hydrogens is 340 g/mol. The number of hydrogen-bond acceptors (Lipinski definition) is 3. The minimum Gasteiger partial charge on any atom is -0.464 e. The zero-order valence-corrected chi connectivity index (χ0v) is 14.6. The fourth-order valence-electron chi connectivity index (χ4n) is 2.46. The van der Waals surface area contributed by atoms with Gasteiger partial charge in [0.05, 0.1) is 12.7 Å². The van der Waals surface area contributed by atoms with Crippen molar-refractivity contribution in [1.82, 2.24) is 10.9 Å². The predicted molar refractivity (Wildman–Crippen MR) is 96.5 cm³/mol. The highest BCUT2D eigenvalue weighted by atomic mass is 35.5. The second-order valence-corrected chi connectivity index (χ2v) is 6.31. The van der Waals surface area contributed by atoms with Gasteiger partial charge in [0, 0.05) is 21.5 Å². The van der Waals surface area contributed by atoms with Crippen molar-refractivity contribution in [2.24, 2.45) is 0 Å². The molecular formula is C19H17ClN2O3. The van der Waals surface area contributed by atoms with Crippen LogP contribution in [-0.2, 0) is 11.2 Å². The molecule has 6 heteroatoms. The van der Waals surface area contributed by atoms with E-state index in [9.17, 15) is 9.59 Å². The van der Waals surface area contributed by atoms with Crippen molar-refractivity contribution in [2.75, 3.05) is 0 Å². The van der Waals surface area contributed by atoms with E-state index in [-0.39, 0.29) is 18.2 Å². The van der Waals surface area contributed by atoms with E-state index in [1.165, 1.54) is 6.26 Å². The van der Waals surface area contributed by atoms with Gasteiger partial charge < -0.3 is 4.42 Å². The molecule has 0 radical (unpaired) electrons. The molecule has 2 aromatic carbocycles. The van der Waals surface area contributed by atoms with Gasteiger partial charge in [0.15, 0.2) is 0 Å². The average molecular weight is 357 g/mol. The number of hydrazine groups is 1. The Morgan fingerprint density at radius 3 is 2.52 bits per heavy atom. The van der Waals surface area contributed by atoms with Gasteiger partial charge in [-0.1, -0.05) is 29.3 Å². The van der Waals surface area contributed by atoms with E-state index in [0.717, 1.165) is 16.5 Å². The first-order valence-corrected chi connectivity index (χ1v) is 8.14. The molecule has 0 bridgehead atoms. The Morgan fingerprint density at radius 2 is 1.80 bits per heavy atom. The molecule has 0 unspecified atom stereocenters. The van der Waals surface area contributed by atoms with Crippen LogP contribution in [0.1, 0.15) is 27.0 Å². The van der Waals surface area contributed by atoms with E-state index in [4.69, 9.17) is 16.0 Å². The van der Waals surface area contributed by atoms with Crippen molar-refractivity contribution in [3.63, 3.8) is 0 Å². The number of rotatable bonds is 3. The van der Waals surface area contributed by atoms with Crippen LogP contribution < -0.4 is 10.9 Å². The van der Waals surface area contributed by atoms with Crippen LogP contribution in [0.15, 0.2) is 47.1 Å². The Kier molecular flexibility index (Phi) is 4.76. The number of halogens is 1. The average Bonchev–Trinajstić information content (AvgIpc) is 2.95. The summed E-state index contributed by atoms with van der Waals surface area (Å²) >= 11 is 6.14. The summed E-state index contributed by atoms with van der Waals surface area (Å²) in [4.78, 5) is 24.1. The molecule has 3 rings (SSSR count). The second-order valence-electron chi connectivity index (χ2n) is 5.90. The van der Waals surface area contributed by atoms with Gasteiger partial charge in [-0.2, -0.15) is 0 Å². The van der Waals surface area contributed by atoms with Gasteiger partial charge in [0.25, 0.3) is 5.91 Å². The lowest BCUT2D eigenvalue weighted by Gasteiger charge is -2.07. The molecule has 0 saturated heterocycles. The zero-order valence-electron chi connectivity index (χ0n) is 13.9. The Labute approximate surface area is 149 Å². The molecule has 0 aliphatic heterocycles. The number of hydrogen-bond donors (Lipinski definition) is 2. The molecule has 2 N–H and O–H groups in total. The van der Waals surface area contributed by atoms with Gasteiger partial charge in [-0.05, 0) is 43.7 Å². The van der Waals surface area contributed by atoms with Crippen LogP contribution in [0.2, 0.25) is 5.02 Å². The highest BCUT2D eigenvalue weighted by molar-refractivity contribution is 6.32. The third kappa shape index (κ3) is 3.83. The summed E-state index contributed by atoms with van der Waals surface area (Å²) in [6, 6.07) is 10.7.